The second-order valence-electron chi connectivity index (χ2n) is 4.68. The van der Waals surface area contributed by atoms with Gasteiger partial charge in [0, 0.05) is 0 Å². The van der Waals surface area contributed by atoms with Gasteiger partial charge >= 0.3 is 17.1 Å². The van der Waals surface area contributed by atoms with E-state index < -0.39 is 0 Å². The molecule has 0 aromatic rings. The minimum Gasteiger partial charge on any atom is -0.0944 e. The van der Waals surface area contributed by atoms with E-state index in [2.05, 4.69) is 52.8 Å². The van der Waals surface area contributed by atoms with Crippen molar-refractivity contribution in [3.63, 3.8) is 0 Å². The Labute approximate surface area is 107 Å². The van der Waals surface area contributed by atoms with Crippen molar-refractivity contribution in [1.82, 2.24) is 0 Å². The van der Waals surface area contributed by atoms with Gasteiger partial charge in [0.25, 0.3) is 0 Å². The van der Waals surface area contributed by atoms with Gasteiger partial charge in [0.15, 0.2) is 0 Å². The summed E-state index contributed by atoms with van der Waals surface area (Å²) in [6.07, 6.45) is 8.00. The molecule has 0 aromatic carbocycles. The molecule has 0 saturated carbocycles. The minimum absolute atomic E-state index is 0. The Hall–Kier alpha value is 0.429. The largest absolute Gasteiger partial charge is 2.00 e. The van der Waals surface area contributed by atoms with Gasteiger partial charge in [-0.25, -0.2) is 0 Å². The molecule has 2 heteroatoms. The fraction of sp³-hybridized carbons (Fsp3) is 0.692. The van der Waals surface area contributed by atoms with Gasteiger partial charge in [0.2, 0.25) is 0 Å². The van der Waals surface area contributed by atoms with Crippen LogP contribution >= 0.6 is 7.92 Å². The fourth-order valence-electron chi connectivity index (χ4n) is 2.46. The van der Waals surface area contributed by atoms with Crippen molar-refractivity contribution in [2.24, 2.45) is 0 Å². The number of rotatable bonds is 4. The molecule has 1 rings (SSSR count). The average Bonchev–Trinajstić information content (AvgIpc) is 2.53. The molecule has 0 radical (unpaired) electrons. The second kappa shape index (κ2) is 6.89. The van der Waals surface area contributed by atoms with E-state index in [0.29, 0.717) is 0 Å². The molecule has 0 aliphatic heterocycles. The van der Waals surface area contributed by atoms with Crippen LogP contribution in [0.1, 0.15) is 41.0 Å². The van der Waals surface area contributed by atoms with Gasteiger partial charge in [-0.1, -0.05) is 66.3 Å². The van der Waals surface area contributed by atoms with Crippen LogP contribution in [0.4, 0.5) is 0 Å². The molecule has 0 nitrogen and oxygen atoms in total. The molecule has 0 N–H and O–H groups in total. The second-order valence-corrected chi connectivity index (χ2v) is 8.42. The molecule has 0 saturated heterocycles. The fourth-order valence-corrected chi connectivity index (χ4v) is 6.01. The molecular weight excluding hydrogens is 243 g/mol. The van der Waals surface area contributed by atoms with Crippen molar-refractivity contribution in [2.75, 3.05) is 0 Å². The third-order valence-corrected chi connectivity index (χ3v) is 6.59. The number of allylic oxidation sites excluding steroid dienone is 4. The van der Waals surface area contributed by atoms with Crippen LogP contribution < -0.4 is 0 Å². The number of hydrogen-bond donors (Lipinski definition) is 0. The molecule has 0 bridgehead atoms. The maximum atomic E-state index is 2.42. The Morgan fingerprint density at radius 1 is 1.07 bits per heavy atom. The summed E-state index contributed by atoms with van der Waals surface area (Å²) >= 11 is 0. The molecule has 1 unspecified atom stereocenters. The molecule has 0 heterocycles. The number of hydrogen-bond acceptors (Lipinski definition) is 0. The van der Waals surface area contributed by atoms with Gasteiger partial charge in [-0.3, -0.25) is 0 Å². The Morgan fingerprint density at radius 2 is 1.60 bits per heavy atom. The van der Waals surface area contributed by atoms with E-state index in [1.807, 2.05) is 0 Å². The smallest absolute Gasteiger partial charge is 0.0944 e. The summed E-state index contributed by atoms with van der Waals surface area (Å²) < 4.78 is 0. The molecule has 15 heavy (non-hydrogen) atoms. The predicted molar refractivity (Wildman–Crippen MR) is 68.5 cm³/mol. The monoisotopic (exact) mass is 266 g/mol. The van der Waals surface area contributed by atoms with E-state index in [-0.39, 0.29) is 25.0 Å². The van der Waals surface area contributed by atoms with E-state index in [4.69, 9.17) is 0 Å². The van der Waals surface area contributed by atoms with E-state index in [1.54, 1.807) is 5.57 Å². The van der Waals surface area contributed by atoms with Gasteiger partial charge in [-0.2, -0.15) is 0 Å². The van der Waals surface area contributed by atoms with Crippen LogP contribution in [0.3, 0.4) is 0 Å². The molecule has 0 aromatic heterocycles. The van der Waals surface area contributed by atoms with E-state index >= 15 is 0 Å². The van der Waals surface area contributed by atoms with Crippen molar-refractivity contribution < 1.29 is 17.1 Å². The van der Waals surface area contributed by atoms with Gasteiger partial charge in [0.05, 0.1) is 0 Å². The van der Waals surface area contributed by atoms with Crippen molar-refractivity contribution in [3.8, 4) is 0 Å². The Bertz CT molecular complexity index is 233. The van der Waals surface area contributed by atoms with Crippen LogP contribution in [0.2, 0.25) is 0 Å². The Kier molecular flexibility index (Phi) is 7.09. The zero-order chi connectivity index (χ0) is 10.7. The summed E-state index contributed by atoms with van der Waals surface area (Å²) in [5.41, 5.74) is 4.15. The quantitative estimate of drug-likeness (QED) is 0.517. The van der Waals surface area contributed by atoms with Crippen molar-refractivity contribution >= 4 is 7.92 Å². The average molecular weight is 266 g/mol. The Balaban J connectivity index is 0.00000196. The van der Waals surface area contributed by atoms with Crippen LogP contribution in [0.15, 0.2) is 23.8 Å². The van der Waals surface area contributed by atoms with Crippen molar-refractivity contribution in [2.45, 2.75) is 58.0 Å². The molecule has 1 aliphatic carbocycles. The summed E-state index contributed by atoms with van der Waals surface area (Å²) in [5.74, 6) is 0. The first-order valence-corrected chi connectivity index (χ1v) is 7.22. The first-order chi connectivity index (χ1) is 6.54. The summed E-state index contributed by atoms with van der Waals surface area (Å²) in [7, 11) is 0.141. The van der Waals surface area contributed by atoms with Gasteiger partial charge in [0.1, 0.15) is 0 Å². The van der Waals surface area contributed by atoms with Gasteiger partial charge < -0.3 is 0 Å². The standard InChI is InChI=1S/C13H23P.Fe/c1-10(2)14(11(3)4)12(5)13-8-6-7-9-13;/h6-8,10-12H,9H2,1-5H3;/q;+2. The molecule has 0 fully saturated rings. The van der Waals surface area contributed by atoms with Crippen LogP contribution in [0.5, 0.6) is 0 Å². The molecule has 0 spiro atoms. The van der Waals surface area contributed by atoms with E-state index in [1.165, 1.54) is 6.42 Å². The normalized spacial score (nSPS) is 17.2. The summed E-state index contributed by atoms with van der Waals surface area (Å²) in [6.45, 7) is 11.9. The molecule has 86 valence electrons. The van der Waals surface area contributed by atoms with E-state index in [9.17, 15) is 0 Å². The van der Waals surface area contributed by atoms with Crippen LogP contribution in [-0.4, -0.2) is 17.0 Å². The van der Waals surface area contributed by atoms with Gasteiger partial charge in [-0.15, -0.1) is 0 Å². The zero-order valence-electron chi connectivity index (χ0n) is 10.5. The third-order valence-electron chi connectivity index (χ3n) is 2.98. The van der Waals surface area contributed by atoms with Gasteiger partial charge in [-0.05, 0) is 23.4 Å². The SMILES string of the molecule is CC(C)P(C(C)C)C(C)C1=CC=CC1.[Fe+2]. The van der Waals surface area contributed by atoms with Crippen LogP contribution in [0.25, 0.3) is 0 Å². The first-order valence-electron chi connectivity index (χ1n) is 5.67. The summed E-state index contributed by atoms with van der Waals surface area (Å²) in [5, 5.41) is 0. The maximum absolute atomic E-state index is 2.42. The summed E-state index contributed by atoms with van der Waals surface area (Å²) in [6, 6.07) is 0. The van der Waals surface area contributed by atoms with Crippen LogP contribution in [0, 0.1) is 0 Å². The minimum atomic E-state index is 0. The van der Waals surface area contributed by atoms with Crippen molar-refractivity contribution in [1.29, 1.82) is 0 Å². The zero-order valence-corrected chi connectivity index (χ0v) is 12.5. The molecule has 0 amide bonds. The molecule has 1 atom stereocenters. The Morgan fingerprint density at radius 3 is 1.93 bits per heavy atom. The predicted octanol–water partition coefficient (Wildman–Crippen LogP) is 4.56. The maximum Gasteiger partial charge on any atom is 2.00 e. The molecule has 1 aliphatic rings. The molecular formula is C13H23FeP+2. The summed E-state index contributed by atoms with van der Waals surface area (Å²) in [4.78, 5) is 0. The topological polar surface area (TPSA) is 0 Å². The first kappa shape index (κ1) is 15.4. The van der Waals surface area contributed by atoms with E-state index in [0.717, 1.165) is 17.0 Å². The van der Waals surface area contributed by atoms with Crippen molar-refractivity contribution in [3.05, 3.63) is 23.8 Å². The van der Waals surface area contributed by atoms with Crippen LogP contribution in [-0.2, 0) is 17.1 Å². The third kappa shape index (κ3) is 4.06.